The second-order valence-electron chi connectivity index (χ2n) is 10.1. The summed E-state index contributed by atoms with van der Waals surface area (Å²) in [5.41, 5.74) is 9.29. The minimum absolute atomic E-state index is 0. The lowest BCUT2D eigenvalue weighted by molar-refractivity contribution is -0.232. The maximum atomic E-state index is 13.7. The van der Waals surface area contributed by atoms with Crippen molar-refractivity contribution in [2.75, 3.05) is 0 Å². The number of hydroxylamine groups is 2. The number of rotatable bonds is 3. The maximum Gasteiger partial charge on any atom is 0.250 e. The molecule has 0 fully saturated rings. The van der Waals surface area contributed by atoms with Crippen LogP contribution in [0.5, 0.6) is 0 Å². The smallest absolute Gasteiger partial charge is 0.250 e. The van der Waals surface area contributed by atoms with Crippen LogP contribution in [0.25, 0.3) is 44.1 Å². The van der Waals surface area contributed by atoms with E-state index in [1.807, 2.05) is 76.2 Å². The number of para-hydroxylation sites is 3. The third-order valence-electron chi connectivity index (χ3n) is 7.18. The third kappa shape index (κ3) is 3.13. The van der Waals surface area contributed by atoms with Crippen molar-refractivity contribution in [2.45, 2.75) is 38.8 Å². The molecule has 0 spiro atoms. The van der Waals surface area contributed by atoms with E-state index in [2.05, 4.69) is 4.98 Å². The number of nitrogens with zero attached hydrogens (tertiary/aromatic N) is 2. The summed E-state index contributed by atoms with van der Waals surface area (Å²) in [6, 6.07) is 19.2. The van der Waals surface area contributed by atoms with Gasteiger partial charge in [-0.15, -0.1) is 22.7 Å². The first-order chi connectivity index (χ1) is 16.6. The Hall–Kier alpha value is -3.65. The Kier molecular flexibility index (Phi) is 5.30. The van der Waals surface area contributed by atoms with Gasteiger partial charge >= 0.3 is 0 Å². The molecule has 3 N–H and O–H groups in total. The van der Waals surface area contributed by atoms with Gasteiger partial charge in [-0.3, -0.25) is 4.79 Å². The molecule has 5 aromatic rings. The molecule has 1 radical (unpaired) electrons. The summed E-state index contributed by atoms with van der Waals surface area (Å²) in [6.07, 6.45) is 0. The van der Waals surface area contributed by atoms with Crippen LogP contribution in [0.4, 0.5) is 0 Å². The van der Waals surface area contributed by atoms with Crippen LogP contribution in [-0.4, -0.2) is 32.0 Å². The van der Waals surface area contributed by atoms with Gasteiger partial charge in [0.25, 0.3) is 5.91 Å². The lowest BCUT2D eigenvalue weighted by Gasteiger charge is -2.34. The standard InChI is InChI=1S/C28H25N4O3.ClH/c1-27(2)21(17-11-7-10-16-15-9-5-6-14-20(15)35-24(16)17)22(28(3,4)32(27)34)26-30-19-13-8-12-18(25(29)33)23(19)31-26;/h5-14H,1-4H3,(H2,29,33)(H,30,31);1H. The fourth-order valence-electron chi connectivity index (χ4n) is 5.68. The Morgan fingerprint density at radius 2 is 1.58 bits per heavy atom. The number of amides is 1. The zero-order valence-electron chi connectivity index (χ0n) is 20.4. The quantitative estimate of drug-likeness (QED) is 0.311. The summed E-state index contributed by atoms with van der Waals surface area (Å²) in [4.78, 5) is 20.2. The zero-order valence-corrected chi connectivity index (χ0v) is 21.2. The molecular formula is C28H26ClN4O3. The summed E-state index contributed by atoms with van der Waals surface area (Å²) >= 11 is 0. The number of carbonyl (C=O) groups excluding carboxylic acids is 1. The van der Waals surface area contributed by atoms with E-state index in [0.717, 1.165) is 43.7 Å². The number of nitrogens with two attached hydrogens (primary N) is 1. The Balaban J connectivity index is 0.00000267. The van der Waals surface area contributed by atoms with E-state index in [9.17, 15) is 10.0 Å². The van der Waals surface area contributed by atoms with Crippen molar-refractivity contribution < 1.29 is 14.4 Å². The van der Waals surface area contributed by atoms with Gasteiger partial charge in [0.1, 0.15) is 22.5 Å². The van der Waals surface area contributed by atoms with E-state index in [1.54, 1.807) is 12.1 Å². The van der Waals surface area contributed by atoms with Crippen LogP contribution >= 0.6 is 12.4 Å². The number of aromatic amines is 1. The molecule has 1 aliphatic rings. The molecule has 3 heterocycles. The number of benzene rings is 3. The average molecular weight is 502 g/mol. The monoisotopic (exact) mass is 501 g/mol. The largest absolute Gasteiger partial charge is 0.455 e. The number of furan rings is 1. The van der Waals surface area contributed by atoms with Gasteiger partial charge in [0, 0.05) is 21.9 Å². The van der Waals surface area contributed by atoms with Crippen molar-refractivity contribution in [1.29, 1.82) is 0 Å². The van der Waals surface area contributed by atoms with Crippen molar-refractivity contribution in [3.05, 3.63) is 77.6 Å². The molecule has 6 rings (SSSR count). The predicted octanol–water partition coefficient (Wildman–Crippen LogP) is 6.11. The Morgan fingerprint density at radius 1 is 0.917 bits per heavy atom. The number of primary amides is 1. The van der Waals surface area contributed by atoms with E-state index >= 15 is 0 Å². The molecule has 36 heavy (non-hydrogen) atoms. The first-order valence-corrected chi connectivity index (χ1v) is 11.5. The summed E-state index contributed by atoms with van der Waals surface area (Å²) < 4.78 is 6.34. The van der Waals surface area contributed by atoms with Gasteiger partial charge in [0.15, 0.2) is 0 Å². The molecule has 1 aliphatic heterocycles. The summed E-state index contributed by atoms with van der Waals surface area (Å²) in [5.74, 6) is -0.0143. The maximum absolute atomic E-state index is 13.7. The SMILES string of the molecule is CC1(C)C(c2nc3c(C(N)=O)cccc3[nH]2)=C(c2cccc3c2oc2ccccc23)C(C)(C)N1[O].Cl. The number of aromatic nitrogens is 2. The van der Waals surface area contributed by atoms with Gasteiger partial charge in [-0.2, -0.15) is 0 Å². The van der Waals surface area contributed by atoms with Crippen LogP contribution in [0.15, 0.2) is 65.1 Å². The lowest BCUT2D eigenvalue weighted by atomic mass is 9.84. The minimum atomic E-state index is -0.909. The van der Waals surface area contributed by atoms with Gasteiger partial charge in [-0.1, -0.05) is 42.5 Å². The van der Waals surface area contributed by atoms with Crippen molar-refractivity contribution >= 4 is 62.4 Å². The number of hydrogen-bond donors (Lipinski definition) is 2. The highest BCUT2D eigenvalue weighted by atomic mass is 35.5. The van der Waals surface area contributed by atoms with Crippen LogP contribution in [0.2, 0.25) is 0 Å². The molecule has 3 aromatic carbocycles. The van der Waals surface area contributed by atoms with E-state index < -0.39 is 17.0 Å². The normalized spacial score (nSPS) is 17.2. The fraction of sp³-hybridized carbons (Fsp3) is 0.214. The van der Waals surface area contributed by atoms with Gasteiger partial charge in [0.2, 0.25) is 0 Å². The minimum Gasteiger partial charge on any atom is -0.455 e. The predicted molar refractivity (Wildman–Crippen MR) is 143 cm³/mol. The van der Waals surface area contributed by atoms with Crippen molar-refractivity contribution in [3.8, 4) is 0 Å². The highest BCUT2D eigenvalue weighted by Crippen LogP contribution is 2.53. The lowest BCUT2D eigenvalue weighted by Crippen LogP contribution is -2.47. The molecule has 8 heteroatoms. The van der Waals surface area contributed by atoms with Gasteiger partial charge < -0.3 is 15.1 Å². The van der Waals surface area contributed by atoms with Crippen LogP contribution in [-0.2, 0) is 5.21 Å². The van der Waals surface area contributed by atoms with Crippen LogP contribution < -0.4 is 5.73 Å². The number of imidazole rings is 1. The van der Waals surface area contributed by atoms with E-state index in [0.29, 0.717) is 22.4 Å². The molecular weight excluding hydrogens is 476 g/mol. The highest BCUT2D eigenvalue weighted by molar-refractivity contribution is 6.12. The summed E-state index contributed by atoms with van der Waals surface area (Å²) in [6.45, 7) is 7.63. The number of carbonyl (C=O) groups is 1. The number of fused-ring (bicyclic) bond motifs is 4. The van der Waals surface area contributed by atoms with Gasteiger partial charge in [-0.05, 0) is 51.5 Å². The molecule has 0 saturated carbocycles. The van der Waals surface area contributed by atoms with Crippen LogP contribution in [0.1, 0.15) is 49.4 Å². The molecule has 0 unspecified atom stereocenters. The van der Waals surface area contributed by atoms with E-state index in [4.69, 9.17) is 15.1 Å². The molecule has 0 bridgehead atoms. The second-order valence-corrected chi connectivity index (χ2v) is 10.1. The van der Waals surface area contributed by atoms with E-state index in [-0.39, 0.29) is 12.4 Å². The zero-order chi connectivity index (χ0) is 24.7. The Labute approximate surface area is 214 Å². The summed E-state index contributed by atoms with van der Waals surface area (Å²) in [7, 11) is 0. The third-order valence-corrected chi connectivity index (χ3v) is 7.18. The Bertz CT molecular complexity index is 1710. The van der Waals surface area contributed by atoms with Gasteiger partial charge in [0.05, 0.1) is 22.2 Å². The highest BCUT2D eigenvalue weighted by Gasteiger charge is 2.54. The fourth-order valence-corrected chi connectivity index (χ4v) is 5.68. The molecule has 0 atom stereocenters. The molecule has 1 amide bonds. The summed E-state index contributed by atoms with van der Waals surface area (Å²) in [5, 5.41) is 16.9. The number of nitrogens with one attached hydrogen (secondary N) is 1. The Morgan fingerprint density at radius 3 is 2.33 bits per heavy atom. The molecule has 183 valence electrons. The first-order valence-electron chi connectivity index (χ1n) is 11.5. The molecule has 2 aromatic heterocycles. The number of halogens is 1. The van der Waals surface area contributed by atoms with E-state index in [1.165, 1.54) is 0 Å². The molecule has 7 nitrogen and oxygen atoms in total. The van der Waals surface area contributed by atoms with Crippen LogP contribution in [0.3, 0.4) is 0 Å². The van der Waals surface area contributed by atoms with Crippen molar-refractivity contribution in [1.82, 2.24) is 15.0 Å². The topological polar surface area (TPSA) is 108 Å². The van der Waals surface area contributed by atoms with Crippen molar-refractivity contribution in [3.63, 3.8) is 0 Å². The van der Waals surface area contributed by atoms with Crippen molar-refractivity contribution in [2.24, 2.45) is 5.73 Å². The molecule has 0 aliphatic carbocycles. The number of hydrogen-bond acceptors (Lipinski definition) is 4. The second kappa shape index (κ2) is 7.93. The van der Waals surface area contributed by atoms with Gasteiger partial charge in [-0.25, -0.2) is 4.98 Å². The molecule has 0 saturated heterocycles. The van der Waals surface area contributed by atoms with Crippen LogP contribution in [0, 0.1) is 0 Å². The number of H-pyrrole nitrogens is 1. The average Bonchev–Trinajstić information content (AvgIpc) is 3.45. The first kappa shape index (κ1) is 24.1.